The van der Waals surface area contributed by atoms with Crippen LogP contribution in [0.2, 0.25) is 0 Å². The van der Waals surface area contributed by atoms with E-state index in [9.17, 15) is 8.42 Å². The van der Waals surface area contributed by atoms with E-state index in [1.54, 1.807) is 17.4 Å². The molecule has 0 spiro atoms. The molecule has 22 heavy (non-hydrogen) atoms. The van der Waals surface area contributed by atoms with Crippen molar-refractivity contribution in [3.05, 3.63) is 36.5 Å². The minimum absolute atomic E-state index is 0.0379. The molecule has 0 bridgehead atoms. The highest BCUT2D eigenvalue weighted by Gasteiger charge is 2.27. The second-order valence-electron chi connectivity index (χ2n) is 5.45. The van der Waals surface area contributed by atoms with Crippen LogP contribution in [0.25, 0.3) is 10.9 Å². The minimum atomic E-state index is -3.09. The van der Waals surface area contributed by atoms with Crippen molar-refractivity contribution in [2.24, 2.45) is 0 Å². The molecule has 0 unspecified atom stereocenters. The van der Waals surface area contributed by atoms with Crippen molar-refractivity contribution < 1.29 is 13.2 Å². The molecule has 3 rings (SSSR count). The van der Waals surface area contributed by atoms with Crippen LogP contribution in [0.15, 0.2) is 36.5 Å². The number of benzene rings is 1. The van der Waals surface area contributed by atoms with Gasteiger partial charge in [-0.1, -0.05) is 18.2 Å². The predicted octanol–water partition coefficient (Wildman–Crippen LogP) is 2.43. The van der Waals surface area contributed by atoms with E-state index in [1.165, 1.54) is 0 Å². The van der Waals surface area contributed by atoms with Crippen LogP contribution in [-0.2, 0) is 10.0 Å². The van der Waals surface area contributed by atoms with Crippen molar-refractivity contribution in [1.29, 1.82) is 0 Å². The molecular formula is C16H20N2O3S. The summed E-state index contributed by atoms with van der Waals surface area (Å²) < 4.78 is 31.4. The maximum atomic E-state index is 11.9. The normalized spacial score (nSPS) is 17.7. The fourth-order valence-electron chi connectivity index (χ4n) is 2.76. The lowest BCUT2D eigenvalue weighted by atomic mass is 10.1. The Balaban J connectivity index is 1.70. The van der Waals surface area contributed by atoms with Crippen LogP contribution in [0.1, 0.15) is 19.8 Å². The minimum Gasteiger partial charge on any atom is -0.488 e. The maximum Gasteiger partial charge on any atom is 0.213 e. The summed E-state index contributed by atoms with van der Waals surface area (Å²) in [5, 5.41) is 1.05. The molecule has 1 aromatic carbocycles. The third-order valence-corrected chi connectivity index (χ3v) is 5.93. The first-order valence-electron chi connectivity index (χ1n) is 7.58. The van der Waals surface area contributed by atoms with Crippen LogP contribution in [0, 0.1) is 0 Å². The average molecular weight is 320 g/mol. The highest BCUT2D eigenvalue weighted by atomic mass is 32.2. The molecule has 1 saturated heterocycles. The van der Waals surface area contributed by atoms with Crippen molar-refractivity contribution in [2.45, 2.75) is 25.9 Å². The molecule has 2 heterocycles. The Morgan fingerprint density at radius 3 is 2.68 bits per heavy atom. The SMILES string of the molecule is CCS(=O)(=O)N1CCC(Oc2cccc3cccnc23)CC1. The van der Waals surface area contributed by atoms with Crippen molar-refractivity contribution >= 4 is 20.9 Å². The number of fused-ring (bicyclic) bond motifs is 1. The van der Waals surface area contributed by atoms with Gasteiger partial charge in [0, 0.05) is 24.7 Å². The Morgan fingerprint density at radius 2 is 1.95 bits per heavy atom. The fourth-order valence-corrected chi connectivity index (χ4v) is 3.89. The highest BCUT2D eigenvalue weighted by Crippen LogP contribution is 2.26. The quantitative estimate of drug-likeness (QED) is 0.868. The predicted molar refractivity (Wildman–Crippen MR) is 86.4 cm³/mol. The molecular weight excluding hydrogens is 300 g/mol. The van der Waals surface area contributed by atoms with Gasteiger partial charge in [-0.25, -0.2) is 12.7 Å². The van der Waals surface area contributed by atoms with Crippen LogP contribution in [0.3, 0.4) is 0 Å². The fraction of sp³-hybridized carbons (Fsp3) is 0.438. The summed E-state index contributed by atoms with van der Waals surface area (Å²) >= 11 is 0. The summed E-state index contributed by atoms with van der Waals surface area (Å²) in [5.41, 5.74) is 0.855. The number of para-hydroxylation sites is 1. The van der Waals surface area contributed by atoms with Gasteiger partial charge in [0.2, 0.25) is 10.0 Å². The Morgan fingerprint density at radius 1 is 1.23 bits per heavy atom. The van der Waals surface area contributed by atoms with E-state index in [1.807, 2.05) is 30.3 Å². The summed E-state index contributed by atoms with van der Waals surface area (Å²) in [4.78, 5) is 4.38. The van der Waals surface area contributed by atoms with Gasteiger partial charge in [-0.05, 0) is 31.9 Å². The average Bonchev–Trinajstić information content (AvgIpc) is 2.56. The second-order valence-corrected chi connectivity index (χ2v) is 7.71. The summed E-state index contributed by atoms with van der Waals surface area (Å²) in [6, 6.07) is 9.79. The maximum absolute atomic E-state index is 11.9. The molecule has 0 atom stereocenters. The largest absolute Gasteiger partial charge is 0.488 e. The molecule has 0 aliphatic carbocycles. The van der Waals surface area contributed by atoms with Crippen LogP contribution in [0.4, 0.5) is 0 Å². The van der Waals surface area contributed by atoms with Crippen LogP contribution in [0.5, 0.6) is 5.75 Å². The Bertz CT molecular complexity index is 748. The first-order valence-corrected chi connectivity index (χ1v) is 9.19. The van der Waals surface area contributed by atoms with Gasteiger partial charge >= 0.3 is 0 Å². The lowest BCUT2D eigenvalue weighted by Gasteiger charge is -2.31. The first-order chi connectivity index (χ1) is 10.6. The van der Waals surface area contributed by atoms with Gasteiger partial charge in [0.05, 0.1) is 5.75 Å². The van der Waals surface area contributed by atoms with Gasteiger partial charge in [0.15, 0.2) is 0 Å². The third-order valence-electron chi connectivity index (χ3n) is 4.05. The zero-order valence-corrected chi connectivity index (χ0v) is 13.4. The molecule has 118 valence electrons. The number of aromatic nitrogens is 1. The smallest absolute Gasteiger partial charge is 0.213 e. The number of hydrogen-bond donors (Lipinski definition) is 0. The van der Waals surface area contributed by atoms with E-state index >= 15 is 0 Å². The molecule has 1 fully saturated rings. The number of nitrogens with zero attached hydrogens (tertiary/aromatic N) is 2. The van der Waals surface area contributed by atoms with Crippen molar-refractivity contribution in [3.8, 4) is 5.75 Å². The van der Waals surface area contributed by atoms with Crippen LogP contribution in [-0.4, -0.2) is 42.7 Å². The Labute approximate surface area is 131 Å². The summed E-state index contributed by atoms with van der Waals surface area (Å²) in [6.45, 7) is 2.73. The van der Waals surface area contributed by atoms with E-state index in [2.05, 4.69) is 4.98 Å². The molecule has 1 aliphatic heterocycles. The van der Waals surface area contributed by atoms with Gasteiger partial charge < -0.3 is 4.74 Å². The molecule has 2 aromatic rings. The van der Waals surface area contributed by atoms with E-state index < -0.39 is 10.0 Å². The Kier molecular flexibility index (Phi) is 4.31. The molecule has 1 aliphatic rings. The molecule has 6 heteroatoms. The van der Waals surface area contributed by atoms with Gasteiger partial charge in [0.1, 0.15) is 17.4 Å². The van der Waals surface area contributed by atoms with Gasteiger partial charge in [-0.15, -0.1) is 0 Å². The molecule has 1 aromatic heterocycles. The number of sulfonamides is 1. The zero-order valence-electron chi connectivity index (χ0n) is 12.6. The number of pyridine rings is 1. The van der Waals surface area contributed by atoms with E-state index in [4.69, 9.17) is 4.74 Å². The lowest BCUT2D eigenvalue weighted by Crippen LogP contribution is -2.42. The van der Waals surface area contributed by atoms with Gasteiger partial charge in [-0.3, -0.25) is 4.98 Å². The lowest BCUT2D eigenvalue weighted by molar-refractivity contribution is 0.136. The van der Waals surface area contributed by atoms with E-state index in [0.717, 1.165) is 16.7 Å². The number of rotatable bonds is 4. The van der Waals surface area contributed by atoms with Gasteiger partial charge in [0.25, 0.3) is 0 Å². The first kappa shape index (κ1) is 15.2. The number of hydrogen-bond acceptors (Lipinski definition) is 4. The van der Waals surface area contributed by atoms with Crippen LogP contribution >= 0.6 is 0 Å². The van der Waals surface area contributed by atoms with Crippen molar-refractivity contribution in [2.75, 3.05) is 18.8 Å². The third kappa shape index (κ3) is 3.08. The van der Waals surface area contributed by atoms with Crippen molar-refractivity contribution in [3.63, 3.8) is 0 Å². The van der Waals surface area contributed by atoms with Crippen molar-refractivity contribution in [1.82, 2.24) is 9.29 Å². The summed E-state index contributed by atoms with van der Waals surface area (Å²) in [6.07, 6.45) is 3.21. The van der Waals surface area contributed by atoms with Crippen LogP contribution < -0.4 is 4.74 Å². The monoisotopic (exact) mass is 320 g/mol. The second kappa shape index (κ2) is 6.22. The number of ether oxygens (including phenoxy) is 1. The number of piperidine rings is 1. The molecule has 5 nitrogen and oxygen atoms in total. The zero-order chi connectivity index (χ0) is 15.6. The topological polar surface area (TPSA) is 59.5 Å². The molecule has 0 radical (unpaired) electrons. The summed E-state index contributed by atoms with van der Waals surface area (Å²) in [7, 11) is -3.09. The highest BCUT2D eigenvalue weighted by molar-refractivity contribution is 7.89. The molecule has 0 N–H and O–H groups in total. The standard InChI is InChI=1S/C16H20N2O3S/c1-2-22(19,20)18-11-8-14(9-12-18)21-15-7-3-5-13-6-4-10-17-16(13)15/h3-7,10,14H,2,8-9,11-12H2,1H3. The van der Waals surface area contributed by atoms with E-state index in [0.29, 0.717) is 25.9 Å². The van der Waals surface area contributed by atoms with E-state index in [-0.39, 0.29) is 11.9 Å². The molecule has 0 saturated carbocycles. The molecule has 0 amide bonds. The van der Waals surface area contributed by atoms with Gasteiger partial charge in [-0.2, -0.15) is 0 Å². The summed E-state index contributed by atoms with van der Waals surface area (Å²) in [5.74, 6) is 0.932. The Hall–Kier alpha value is -1.66.